The van der Waals surface area contributed by atoms with E-state index in [1.54, 1.807) is 24.8 Å². The lowest BCUT2D eigenvalue weighted by atomic mass is 10.1. The van der Waals surface area contributed by atoms with Crippen LogP contribution in [0.2, 0.25) is 5.02 Å². The molecule has 0 radical (unpaired) electrons. The molecule has 0 saturated carbocycles. The van der Waals surface area contributed by atoms with E-state index in [0.29, 0.717) is 24.5 Å². The Balaban J connectivity index is 2.85. The maximum Gasteiger partial charge on any atom is 0.242 e. The van der Waals surface area contributed by atoms with Gasteiger partial charge in [0.1, 0.15) is 6.04 Å². The molecule has 0 spiro atoms. The molecule has 1 atom stereocenters. The van der Waals surface area contributed by atoms with Gasteiger partial charge >= 0.3 is 0 Å². The topological polar surface area (TPSA) is 49.4 Å². The number of rotatable bonds is 7. The van der Waals surface area contributed by atoms with Crippen LogP contribution in [0.3, 0.4) is 0 Å². The minimum Gasteiger partial charge on any atom is -0.354 e. The van der Waals surface area contributed by atoms with E-state index in [-0.39, 0.29) is 11.8 Å². The Morgan fingerprint density at radius 3 is 2.62 bits per heavy atom. The van der Waals surface area contributed by atoms with Gasteiger partial charge in [-0.2, -0.15) is 0 Å². The fourth-order valence-corrected chi connectivity index (χ4v) is 2.23. The highest BCUT2D eigenvalue weighted by molar-refractivity contribution is 6.30. The second-order valence-electron chi connectivity index (χ2n) is 4.97. The zero-order valence-corrected chi connectivity index (χ0v) is 13.6. The molecule has 0 bridgehead atoms. The summed E-state index contributed by atoms with van der Waals surface area (Å²) in [6.07, 6.45) is 1.24. The van der Waals surface area contributed by atoms with E-state index in [0.717, 1.165) is 12.0 Å². The lowest BCUT2D eigenvalue weighted by molar-refractivity contribution is -0.140. The molecule has 1 aromatic rings. The predicted octanol–water partition coefficient (Wildman–Crippen LogP) is 2.99. The van der Waals surface area contributed by atoms with Gasteiger partial charge in [0, 0.05) is 24.5 Å². The van der Waals surface area contributed by atoms with Crippen LogP contribution in [0.5, 0.6) is 0 Å². The molecule has 0 heterocycles. The zero-order valence-electron chi connectivity index (χ0n) is 12.9. The van der Waals surface area contributed by atoms with E-state index >= 15 is 0 Å². The van der Waals surface area contributed by atoms with E-state index in [1.807, 2.05) is 25.1 Å². The van der Waals surface area contributed by atoms with Crippen molar-refractivity contribution in [3.8, 4) is 0 Å². The van der Waals surface area contributed by atoms with Gasteiger partial charge in [-0.15, -0.1) is 0 Å². The third-order valence-corrected chi connectivity index (χ3v) is 3.50. The van der Waals surface area contributed by atoms with Crippen molar-refractivity contribution in [3.63, 3.8) is 0 Å². The van der Waals surface area contributed by atoms with Gasteiger partial charge in [-0.3, -0.25) is 9.59 Å². The quantitative estimate of drug-likeness (QED) is 0.841. The third kappa shape index (κ3) is 5.38. The molecule has 116 valence electrons. The van der Waals surface area contributed by atoms with E-state index in [9.17, 15) is 9.59 Å². The molecule has 1 aromatic carbocycles. The number of amides is 2. The molecule has 1 N–H and O–H groups in total. The zero-order chi connectivity index (χ0) is 15.8. The van der Waals surface area contributed by atoms with Crippen LogP contribution >= 0.6 is 11.6 Å². The van der Waals surface area contributed by atoms with Crippen LogP contribution in [0.1, 0.15) is 39.2 Å². The summed E-state index contributed by atoms with van der Waals surface area (Å²) >= 11 is 5.97. The molecule has 0 aliphatic carbocycles. The maximum atomic E-state index is 12.1. The fraction of sp³-hybridized carbons (Fsp3) is 0.500. The van der Waals surface area contributed by atoms with Crippen molar-refractivity contribution in [2.24, 2.45) is 0 Å². The second-order valence-corrected chi connectivity index (χ2v) is 5.41. The summed E-state index contributed by atoms with van der Waals surface area (Å²) in [5.74, 6) is -0.171. The van der Waals surface area contributed by atoms with E-state index in [2.05, 4.69) is 5.32 Å². The summed E-state index contributed by atoms with van der Waals surface area (Å²) in [5, 5.41) is 3.45. The summed E-state index contributed by atoms with van der Waals surface area (Å²) in [4.78, 5) is 25.8. The molecule has 0 unspecified atom stereocenters. The molecular formula is C16H23ClN2O2. The van der Waals surface area contributed by atoms with Crippen molar-refractivity contribution >= 4 is 23.4 Å². The molecule has 2 amide bonds. The van der Waals surface area contributed by atoms with E-state index in [1.165, 1.54) is 0 Å². The summed E-state index contributed by atoms with van der Waals surface area (Å²) in [6.45, 7) is 6.54. The molecule has 0 aromatic heterocycles. The van der Waals surface area contributed by atoms with Gasteiger partial charge < -0.3 is 10.2 Å². The second kappa shape index (κ2) is 8.67. The predicted molar refractivity (Wildman–Crippen MR) is 85.1 cm³/mol. The Morgan fingerprint density at radius 1 is 1.33 bits per heavy atom. The smallest absolute Gasteiger partial charge is 0.242 e. The molecule has 1 rings (SSSR count). The lowest BCUT2D eigenvalue weighted by Gasteiger charge is -2.28. The average molecular weight is 311 g/mol. The summed E-state index contributed by atoms with van der Waals surface area (Å²) < 4.78 is 0. The first-order chi connectivity index (χ1) is 9.99. The molecule has 4 nitrogen and oxygen atoms in total. The van der Waals surface area contributed by atoms with Crippen LogP contribution in [0.15, 0.2) is 24.3 Å². The van der Waals surface area contributed by atoms with Gasteiger partial charge in [-0.1, -0.05) is 37.6 Å². The molecule has 0 fully saturated rings. The number of hydrogen-bond acceptors (Lipinski definition) is 2. The highest BCUT2D eigenvalue weighted by Crippen LogP contribution is 2.15. The molecule has 21 heavy (non-hydrogen) atoms. The first-order valence-corrected chi connectivity index (χ1v) is 7.69. The number of nitrogens with one attached hydrogen (secondary N) is 1. The van der Waals surface area contributed by atoms with Crippen LogP contribution in [0.25, 0.3) is 0 Å². The summed E-state index contributed by atoms with van der Waals surface area (Å²) in [6, 6.07) is 6.85. The Kier molecular flexibility index (Phi) is 7.23. The first-order valence-electron chi connectivity index (χ1n) is 7.31. The lowest BCUT2D eigenvalue weighted by Crippen LogP contribution is -2.47. The number of carbonyl (C=O) groups excluding carboxylic acids is 2. The van der Waals surface area contributed by atoms with Gasteiger partial charge in [0.05, 0.1) is 0 Å². The van der Waals surface area contributed by atoms with Crippen molar-refractivity contribution in [2.45, 2.75) is 46.2 Å². The number of halogens is 1. The van der Waals surface area contributed by atoms with Crippen LogP contribution < -0.4 is 5.32 Å². The van der Waals surface area contributed by atoms with Crippen molar-refractivity contribution in [1.82, 2.24) is 10.2 Å². The molecule has 5 heteroatoms. The number of hydrogen-bond donors (Lipinski definition) is 1. The highest BCUT2D eigenvalue weighted by atomic mass is 35.5. The monoisotopic (exact) mass is 310 g/mol. The van der Waals surface area contributed by atoms with Crippen LogP contribution in [0.4, 0.5) is 0 Å². The van der Waals surface area contributed by atoms with Crippen LogP contribution in [-0.4, -0.2) is 29.3 Å². The number of benzene rings is 1. The Labute approximate surface area is 131 Å². The van der Waals surface area contributed by atoms with Gasteiger partial charge in [0.15, 0.2) is 0 Å². The SMILES string of the molecule is CCCNC(=O)[C@H](C)N(Cc1cccc(Cl)c1)C(=O)CC. The molecule has 0 aliphatic rings. The third-order valence-electron chi connectivity index (χ3n) is 3.26. The Morgan fingerprint density at radius 2 is 2.05 bits per heavy atom. The maximum absolute atomic E-state index is 12.1. The van der Waals surface area contributed by atoms with Crippen molar-refractivity contribution < 1.29 is 9.59 Å². The van der Waals surface area contributed by atoms with Gasteiger partial charge in [-0.05, 0) is 31.0 Å². The standard InChI is InChI=1S/C16H23ClN2O2/c1-4-9-18-16(21)12(3)19(15(20)5-2)11-13-7-6-8-14(17)10-13/h6-8,10,12H,4-5,9,11H2,1-3H3,(H,18,21)/t12-/m0/s1. The molecule has 0 saturated heterocycles. The Hall–Kier alpha value is -1.55. The van der Waals surface area contributed by atoms with Crippen molar-refractivity contribution in [3.05, 3.63) is 34.9 Å². The van der Waals surface area contributed by atoms with Gasteiger partial charge in [0.2, 0.25) is 11.8 Å². The van der Waals surface area contributed by atoms with Crippen molar-refractivity contribution in [2.75, 3.05) is 6.54 Å². The van der Waals surface area contributed by atoms with Gasteiger partial charge in [0.25, 0.3) is 0 Å². The summed E-state index contributed by atoms with van der Waals surface area (Å²) in [5.41, 5.74) is 0.916. The van der Waals surface area contributed by atoms with E-state index < -0.39 is 6.04 Å². The van der Waals surface area contributed by atoms with Crippen LogP contribution in [0, 0.1) is 0 Å². The summed E-state index contributed by atoms with van der Waals surface area (Å²) in [7, 11) is 0. The first kappa shape index (κ1) is 17.5. The van der Waals surface area contributed by atoms with Crippen LogP contribution in [-0.2, 0) is 16.1 Å². The molecular weight excluding hydrogens is 288 g/mol. The van der Waals surface area contributed by atoms with Crippen molar-refractivity contribution in [1.29, 1.82) is 0 Å². The average Bonchev–Trinajstić information content (AvgIpc) is 2.48. The normalized spacial score (nSPS) is 11.8. The van der Waals surface area contributed by atoms with E-state index in [4.69, 9.17) is 11.6 Å². The van der Waals surface area contributed by atoms with Gasteiger partial charge in [-0.25, -0.2) is 0 Å². The minimum absolute atomic E-state index is 0.0471. The highest BCUT2D eigenvalue weighted by Gasteiger charge is 2.24. The largest absolute Gasteiger partial charge is 0.354 e. The molecule has 0 aliphatic heterocycles. The number of carbonyl (C=O) groups is 2. The Bertz CT molecular complexity index is 491. The minimum atomic E-state index is -0.497. The fourth-order valence-electron chi connectivity index (χ4n) is 2.01. The number of nitrogens with zero attached hydrogens (tertiary/aromatic N) is 1.